The lowest BCUT2D eigenvalue weighted by atomic mass is 10.2. The quantitative estimate of drug-likeness (QED) is 0.865. The van der Waals surface area contributed by atoms with E-state index in [-0.39, 0.29) is 5.82 Å². The van der Waals surface area contributed by atoms with E-state index in [1.165, 1.54) is 0 Å². The highest BCUT2D eigenvalue weighted by molar-refractivity contribution is 5.49. The zero-order valence-electron chi connectivity index (χ0n) is 11.7. The average Bonchev–Trinajstić information content (AvgIpc) is 2.74. The number of nitrogens with two attached hydrogens (primary N) is 1. The molecule has 2 fully saturated rings. The first-order valence-corrected chi connectivity index (χ1v) is 7.27. The van der Waals surface area contributed by atoms with Crippen molar-refractivity contribution in [3.8, 4) is 0 Å². The van der Waals surface area contributed by atoms with E-state index in [1.807, 2.05) is 4.90 Å². The molecule has 0 aromatic carbocycles. The summed E-state index contributed by atoms with van der Waals surface area (Å²) in [5.74, 6) is 0.267. The van der Waals surface area contributed by atoms with Crippen LogP contribution in [-0.4, -0.2) is 42.1 Å². The van der Waals surface area contributed by atoms with Crippen molar-refractivity contribution < 1.29 is 13.2 Å². The number of aromatic nitrogens is 1. The van der Waals surface area contributed by atoms with Crippen LogP contribution < -0.4 is 10.6 Å². The highest BCUT2D eigenvalue weighted by Gasteiger charge is 2.33. The van der Waals surface area contributed by atoms with Gasteiger partial charge < -0.3 is 10.6 Å². The minimum absolute atomic E-state index is 0.0765. The Kier molecular flexibility index (Phi) is 3.69. The molecule has 4 nitrogen and oxygen atoms in total. The van der Waals surface area contributed by atoms with Crippen LogP contribution in [0.5, 0.6) is 0 Å². The molecular formula is C14H19F3N4. The first-order valence-electron chi connectivity index (χ1n) is 7.27. The lowest BCUT2D eigenvalue weighted by Gasteiger charge is -2.27. The van der Waals surface area contributed by atoms with E-state index >= 15 is 0 Å². The van der Waals surface area contributed by atoms with Crippen LogP contribution in [0.1, 0.15) is 24.8 Å². The second-order valence-corrected chi connectivity index (χ2v) is 5.77. The van der Waals surface area contributed by atoms with Crippen LogP contribution in [0.2, 0.25) is 0 Å². The Balaban J connectivity index is 1.87. The lowest BCUT2D eigenvalue weighted by molar-refractivity contribution is -0.137. The van der Waals surface area contributed by atoms with E-state index in [1.54, 1.807) is 0 Å². The first-order chi connectivity index (χ1) is 9.93. The Labute approximate surface area is 121 Å². The van der Waals surface area contributed by atoms with Crippen molar-refractivity contribution in [1.82, 2.24) is 9.88 Å². The van der Waals surface area contributed by atoms with Crippen molar-refractivity contribution in [1.29, 1.82) is 0 Å². The predicted molar refractivity (Wildman–Crippen MR) is 75.1 cm³/mol. The molecule has 2 saturated heterocycles. The smallest absolute Gasteiger partial charge is 0.384 e. The fourth-order valence-electron chi connectivity index (χ4n) is 3.28. The molecule has 0 radical (unpaired) electrons. The summed E-state index contributed by atoms with van der Waals surface area (Å²) in [4.78, 5) is 8.49. The number of pyridine rings is 1. The topological polar surface area (TPSA) is 45.4 Å². The highest BCUT2D eigenvalue weighted by atomic mass is 19.4. The second kappa shape index (κ2) is 5.36. The van der Waals surface area contributed by atoms with Gasteiger partial charge in [-0.3, -0.25) is 4.90 Å². The molecule has 0 spiro atoms. The Morgan fingerprint density at radius 1 is 1.14 bits per heavy atom. The third-order valence-electron chi connectivity index (χ3n) is 4.29. The molecule has 2 aliphatic rings. The van der Waals surface area contributed by atoms with Gasteiger partial charge in [-0.1, -0.05) is 0 Å². The number of fused-ring (bicyclic) bond motifs is 1. The van der Waals surface area contributed by atoms with E-state index in [0.717, 1.165) is 57.6 Å². The first kappa shape index (κ1) is 14.4. The van der Waals surface area contributed by atoms with Crippen molar-refractivity contribution in [2.24, 2.45) is 0 Å². The number of nitrogen functional groups attached to an aromatic ring is 1. The van der Waals surface area contributed by atoms with Crippen LogP contribution in [0, 0.1) is 0 Å². The van der Waals surface area contributed by atoms with E-state index < -0.39 is 11.7 Å². The molecule has 2 aliphatic heterocycles. The minimum Gasteiger partial charge on any atom is -0.384 e. The molecule has 116 valence electrons. The summed E-state index contributed by atoms with van der Waals surface area (Å²) < 4.78 is 38.7. The van der Waals surface area contributed by atoms with Gasteiger partial charge in [-0.25, -0.2) is 4.98 Å². The van der Waals surface area contributed by atoms with Crippen molar-refractivity contribution in [2.45, 2.75) is 31.5 Å². The van der Waals surface area contributed by atoms with Gasteiger partial charge in [0.15, 0.2) is 0 Å². The maximum atomic E-state index is 12.9. The lowest BCUT2D eigenvalue weighted by Crippen LogP contribution is -2.37. The summed E-state index contributed by atoms with van der Waals surface area (Å²) in [6.45, 7) is 3.56. The summed E-state index contributed by atoms with van der Waals surface area (Å²) in [6, 6.07) is 2.43. The molecule has 3 rings (SSSR count). The Morgan fingerprint density at radius 3 is 2.67 bits per heavy atom. The van der Waals surface area contributed by atoms with Crippen molar-refractivity contribution >= 4 is 11.6 Å². The van der Waals surface area contributed by atoms with Gasteiger partial charge in [-0.15, -0.1) is 0 Å². The molecule has 21 heavy (non-hydrogen) atoms. The average molecular weight is 300 g/mol. The summed E-state index contributed by atoms with van der Waals surface area (Å²) in [5, 5.41) is 0. The predicted octanol–water partition coefficient (Wildman–Crippen LogP) is 2.36. The standard InChI is InChI=1S/C14H19F3N4/c15-14(16,17)10-7-12(18)19-13(8-10)21-6-2-5-20-4-1-3-11(20)9-21/h7-8,11H,1-6,9H2,(H2,18,19). The summed E-state index contributed by atoms with van der Waals surface area (Å²) >= 11 is 0. The van der Waals surface area contributed by atoms with E-state index in [2.05, 4.69) is 9.88 Å². The highest BCUT2D eigenvalue weighted by Crippen LogP contribution is 2.33. The number of nitrogens with zero attached hydrogens (tertiary/aromatic N) is 3. The van der Waals surface area contributed by atoms with Crippen LogP contribution in [0.3, 0.4) is 0 Å². The van der Waals surface area contributed by atoms with Gasteiger partial charge in [0.1, 0.15) is 11.6 Å². The largest absolute Gasteiger partial charge is 0.416 e. The number of hydrogen-bond acceptors (Lipinski definition) is 4. The molecule has 3 heterocycles. The fourth-order valence-corrected chi connectivity index (χ4v) is 3.28. The Hall–Kier alpha value is -1.50. The third kappa shape index (κ3) is 3.07. The van der Waals surface area contributed by atoms with Crippen LogP contribution >= 0.6 is 0 Å². The molecule has 2 N–H and O–H groups in total. The molecule has 0 aliphatic carbocycles. The SMILES string of the molecule is Nc1cc(C(F)(F)F)cc(N2CCCN3CCCC3C2)n1. The van der Waals surface area contributed by atoms with Crippen LogP contribution in [-0.2, 0) is 6.18 Å². The van der Waals surface area contributed by atoms with Crippen LogP contribution in [0.25, 0.3) is 0 Å². The number of anilines is 2. The third-order valence-corrected chi connectivity index (χ3v) is 4.29. The van der Waals surface area contributed by atoms with Gasteiger partial charge >= 0.3 is 6.18 Å². The Morgan fingerprint density at radius 2 is 1.90 bits per heavy atom. The minimum atomic E-state index is -4.39. The molecule has 0 amide bonds. The zero-order valence-corrected chi connectivity index (χ0v) is 11.7. The van der Waals surface area contributed by atoms with Crippen LogP contribution in [0.4, 0.5) is 24.8 Å². The van der Waals surface area contributed by atoms with Gasteiger partial charge in [0.05, 0.1) is 5.56 Å². The zero-order chi connectivity index (χ0) is 15.0. The van der Waals surface area contributed by atoms with Crippen LogP contribution in [0.15, 0.2) is 12.1 Å². The van der Waals surface area contributed by atoms with E-state index in [0.29, 0.717) is 11.9 Å². The number of hydrogen-bond donors (Lipinski definition) is 1. The molecule has 1 aromatic rings. The number of halogens is 3. The molecule has 1 atom stereocenters. The summed E-state index contributed by atoms with van der Waals surface area (Å²) in [6.07, 6.45) is -1.19. The summed E-state index contributed by atoms with van der Waals surface area (Å²) in [5.41, 5.74) is 4.84. The molecule has 7 heteroatoms. The van der Waals surface area contributed by atoms with E-state index in [4.69, 9.17) is 5.73 Å². The Bertz CT molecular complexity index is 517. The fraction of sp³-hybridized carbons (Fsp3) is 0.643. The normalized spacial score (nSPS) is 24.0. The van der Waals surface area contributed by atoms with Gasteiger partial charge in [0.25, 0.3) is 0 Å². The van der Waals surface area contributed by atoms with Crippen molar-refractivity contribution in [3.63, 3.8) is 0 Å². The van der Waals surface area contributed by atoms with Gasteiger partial charge in [-0.05, 0) is 37.9 Å². The molecule has 1 unspecified atom stereocenters. The maximum absolute atomic E-state index is 12.9. The number of alkyl halides is 3. The van der Waals surface area contributed by atoms with Gasteiger partial charge in [0, 0.05) is 25.7 Å². The molecule has 0 saturated carbocycles. The second-order valence-electron chi connectivity index (χ2n) is 5.77. The molecular weight excluding hydrogens is 281 g/mol. The van der Waals surface area contributed by atoms with Crippen molar-refractivity contribution in [2.75, 3.05) is 36.8 Å². The van der Waals surface area contributed by atoms with Gasteiger partial charge in [-0.2, -0.15) is 13.2 Å². The van der Waals surface area contributed by atoms with Gasteiger partial charge in [0.2, 0.25) is 0 Å². The van der Waals surface area contributed by atoms with E-state index in [9.17, 15) is 13.2 Å². The number of rotatable bonds is 1. The maximum Gasteiger partial charge on any atom is 0.416 e. The molecule has 1 aromatic heterocycles. The monoisotopic (exact) mass is 300 g/mol. The van der Waals surface area contributed by atoms with Crippen molar-refractivity contribution in [3.05, 3.63) is 17.7 Å². The summed E-state index contributed by atoms with van der Waals surface area (Å²) in [7, 11) is 0. The molecule has 0 bridgehead atoms.